The Labute approximate surface area is 191 Å². The molecule has 0 rings (SSSR count). The Kier molecular flexibility index (Phi) is 23.2. The van der Waals surface area contributed by atoms with E-state index in [2.05, 4.69) is 20.8 Å². The Balaban J connectivity index is 3.79. The van der Waals surface area contributed by atoms with Crippen LogP contribution in [0.25, 0.3) is 0 Å². The average Bonchev–Trinajstić information content (AvgIpc) is 2.74. The first-order chi connectivity index (χ1) is 14.2. The summed E-state index contributed by atoms with van der Waals surface area (Å²) in [5.41, 5.74) is 0.686. The van der Waals surface area contributed by atoms with Crippen LogP contribution in [0.2, 0.25) is 0 Å². The van der Waals surface area contributed by atoms with Gasteiger partial charge in [-0.25, -0.2) is 0 Å². The molecule has 0 spiro atoms. The largest absolute Gasteiger partial charge is 0.127 e. The van der Waals surface area contributed by atoms with Crippen LogP contribution in [0, 0.1) is 5.41 Å². The predicted octanol–water partition coefficient (Wildman–Crippen LogP) is 11.2. The van der Waals surface area contributed by atoms with Gasteiger partial charge in [0.2, 0.25) is 0 Å². The van der Waals surface area contributed by atoms with Crippen LogP contribution in [0.4, 0.5) is 0 Å². The minimum absolute atomic E-state index is 0.686. The van der Waals surface area contributed by atoms with E-state index in [1.165, 1.54) is 148 Å². The van der Waals surface area contributed by atoms with Crippen molar-refractivity contribution in [3.63, 3.8) is 0 Å². The predicted molar refractivity (Wildman–Crippen MR) is 136 cm³/mol. The van der Waals surface area contributed by atoms with Crippen molar-refractivity contribution in [1.29, 1.82) is 0 Å². The standard InChI is InChI=1S/C28H57Cl/c1-4-7-23-28(24-8-5-2,25-9-6-3)26-21-19-17-15-13-11-10-12-14-16-18-20-22-27-29/h4-27H2,1-3H3. The van der Waals surface area contributed by atoms with E-state index in [9.17, 15) is 0 Å². The minimum Gasteiger partial charge on any atom is -0.127 e. The van der Waals surface area contributed by atoms with Crippen LogP contribution in [-0.2, 0) is 0 Å². The van der Waals surface area contributed by atoms with Crippen molar-refractivity contribution in [3.8, 4) is 0 Å². The van der Waals surface area contributed by atoms with Crippen LogP contribution in [0.15, 0.2) is 0 Å². The summed E-state index contributed by atoms with van der Waals surface area (Å²) in [4.78, 5) is 0. The molecule has 0 heterocycles. The van der Waals surface area contributed by atoms with Gasteiger partial charge in [0.15, 0.2) is 0 Å². The van der Waals surface area contributed by atoms with E-state index in [4.69, 9.17) is 11.6 Å². The molecule has 1 heteroatoms. The molecule has 0 fully saturated rings. The second kappa shape index (κ2) is 23.0. The summed E-state index contributed by atoms with van der Waals surface area (Å²) in [5.74, 6) is 0.844. The molecule has 0 radical (unpaired) electrons. The summed E-state index contributed by atoms with van der Waals surface area (Å²) in [5, 5.41) is 0. The SMILES string of the molecule is CCCCC(CCCC)(CCCC)CCCCCCCCCCCCCCCCl. The number of halogens is 1. The third-order valence-electron chi connectivity index (χ3n) is 7.02. The van der Waals surface area contributed by atoms with Gasteiger partial charge < -0.3 is 0 Å². The van der Waals surface area contributed by atoms with E-state index in [0.717, 1.165) is 5.88 Å². The van der Waals surface area contributed by atoms with Crippen molar-refractivity contribution in [1.82, 2.24) is 0 Å². The lowest BCUT2D eigenvalue weighted by atomic mass is 9.71. The summed E-state index contributed by atoms with van der Waals surface area (Å²) >= 11 is 5.73. The highest BCUT2D eigenvalue weighted by Crippen LogP contribution is 2.41. The summed E-state index contributed by atoms with van der Waals surface area (Å²) in [6.45, 7) is 7.10. The van der Waals surface area contributed by atoms with Crippen molar-refractivity contribution >= 4 is 11.6 Å². The van der Waals surface area contributed by atoms with E-state index >= 15 is 0 Å². The van der Waals surface area contributed by atoms with E-state index in [1.807, 2.05) is 0 Å². The second-order valence-electron chi connectivity index (χ2n) is 9.85. The monoisotopic (exact) mass is 428 g/mol. The first-order valence-corrected chi connectivity index (χ1v) is 14.3. The van der Waals surface area contributed by atoms with Crippen LogP contribution in [0.3, 0.4) is 0 Å². The number of hydrogen-bond donors (Lipinski definition) is 0. The van der Waals surface area contributed by atoms with Gasteiger partial charge in [-0.2, -0.15) is 0 Å². The molecule has 0 aromatic carbocycles. The third-order valence-corrected chi connectivity index (χ3v) is 7.29. The maximum atomic E-state index is 5.73. The Morgan fingerprint density at radius 3 is 0.966 bits per heavy atom. The molecular formula is C28H57Cl. The topological polar surface area (TPSA) is 0 Å². The third kappa shape index (κ3) is 18.8. The number of rotatable bonds is 24. The van der Waals surface area contributed by atoms with Gasteiger partial charge in [-0.1, -0.05) is 136 Å². The molecule has 0 aliphatic rings. The molecule has 29 heavy (non-hydrogen) atoms. The Morgan fingerprint density at radius 1 is 0.379 bits per heavy atom. The van der Waals surface area contributed by atoms with Gasteiger partial charge in [0, 0.05) is 5.88 Å². The Morgan fingerprint density at radius 2 is 0.655 bits per heavy atom. The van der Waals surface area contributed by atoms with Gasteiger partial charge in [-0.05, 0) is 37.5 Å². The quantitative estimate of drug-likeness (QED) is 0.106. The van der Waals surface area contributed by atoms with Crippen LogP contribution in [0.5, 0.6) is 0 Å². The fraction of sp³-hybridized carbons (Fsp3) is 1.00. The molecule has 0 aromatic rings. The van der Waals surface area contributed by atoms with E-state index in [-0.39, 0.29) is 0 Å². The van der Waals surface area contributed by atoms with Crippen LogP contribution >= 0.6 is 11.6 Å². The second-order valence-corrected chi connectivity index (χ2v) is 10.2. The average molecular weight is 429 g/mol. The fourth-order valence-electron chi connectivity index (χ4n) is 4.94. The molecule has 0 aliphatic carbocycles. The highest BCUT2D eigenvalue weighted by atomic mass is 35.5. The number of hydrogen-bond acceptors (Lipinski definition) is 0. The van der Waals surface area contributed by atoms with Gasteiger partial charge in [-0.3, -0.25) is 0 Å². The first-order valence-electron chi connectivity index (χ1n) is 13.8. The van der Waals surface area contributed by atoms with Crippen molar-refractivity contribution < 1.29 is 0 Å². The van der Waals surface area contributed by atoms with E-state index in [0.29, 0.717) is 5.41 Å². The highest BCUT2D eigenvalue weighted by Gasteiger charge is 2.27. The fourth-order valence-corrected chi connectivity index (χ4v) is 5.13. The summed E-state index contributed by atoms with van der Waals surface area (Å²) in [7, 11) is 0. The lowest BCUT2D eigenvalue weighted by molar-refractivity contribution is 0.175. The molecule has 0 aromatic heterocycles. The molecule has 0 bridgehead atoms. The normalized spacial score (nSPS) is 12.0. The van der Waals surface area contributed by atoms with Gasteiger partial charge in [0.05, 0.1) is 0 Å². The summed E-state index contributed by atoms with van der Waals surface area (Å²) < 4.78 is 0. The molecule has 0 nitrogen and oxygen atoms in total. The molecule has 0 saturated carbocycles. The smallest absolute Gasteiger partial charge is 0.0223 e. The maximum absolute atomic E-state index is 5.73. The van der Waals surface area contributed by atoms with Gasteiger partial charge in [0.25, 0.3) is 0 Å². The molecule has 0 N–H and O–H groups in total. The van der Waals surface area contributed by atoms with E-state index in [1.54, 1.807) is 0 Å². The highest BCUT2D eigenvalue weighted by molar-refractivity contribution is 6.17. The zero-order chi connectivity index (χ0) is 21.5. The molecule has 0 unspecified atom stereocenters. The Hall–Kier alpha value is 0.290. The van der Waals surface area contributed by atoms with Gasteiger partial charge in [0.1, 0.15) is 0 Å². The van der Waals surface area contributed by atoms with Crippen molar-refractivity contribution in [2.45, 2.75) is 168 Å². The maximum Gasteiger partial charge on any atom is 0.0223 e. The van der Waals surface area contributed by atoms with Gasteiger partial charge >= 0.3 is 0 Å². The Bertz CT molecular complexity index is 277. The van der Waals surface area contributed by atoms with Crippen molar-refractivity contribution in [2.75, 3.05) is 5.88 Å². The molecule has 176 valence electrons. The van der Waals surface area contributed by atoms with Crippen molar-refractivity contribution in [2.24, 2.45) is 5.41 Å². The van der Waals surface area contributed by atoms with Crippen molar-refractivity contribution in [3.05, 3.63) is 0 Å². The molecule has 0 aliphatic heterocycles. The van der Waals surface area contributed by atoms with Crippen LogP contribution < -0.4 is 0 Å². The van der Waals surface area contributed by atoms with E-state index < -0.39 is 0 Å². The number of alkyl halides is 1. The minimum atomic E-state index is 0.686. The lowest BCUT2D eigenvalue weighted by Gasteiger charge is -2.35. The van der Waals surface area contributed by atoms with Gasteiger partial charge in [-0.15, -0.1) is 11.6 Å². The van der Waals surface area contributed by atoms with Crippen LogP contribution in [-0.4, -0.2) is 5.88 Å². The lowest BCUT2D eigenvalue weighted by Crippen LogP contribution is -2.21. The zero-order valence-electron chi connectivity index (χ0n) is 20.8. The summed E-state index contributed by atoms with van der Waals surface area (Å²) in [6.07, 6.45) is 33.0. The molecular weight excluding hydrogens is 372 g/mol. The molecule has 0 atom stereocenters. The first kappa shape index (κ1) is 29.3. The number of unbranched alkanes of at least 4 members (excludes halogenated alkanes) is 15. The molecule has 0 saturated heterocycles. The summed E-state index contributed by atoms with van der Waals surface area (Å²) in [6, 6.07) is 0. The zero-order valence-corrected chi connectivity index (χ0v) is 21.6. The molecule has 0 amide bonds. The van der Waals surface area contributed by atoms with Crippen LogP contribution in [0.1, 0.15) is 168 Å².